The molecule has 1 aliphatic rings. The highest BCUT2D eigenvalue weighted by molar-refractivity contribution is 7.09. The van der Waals surface area contributed by atoms with Gasteiger partial charge in [-0.3, -0.25) is 0 Å². The van der Waals surface area contributed by atoms with E-state index in [1.165, 1.54) is 30.4 Å². The summed E-state index contributed by atoms with van der Waals surface area (Å²) in [5, 5.41) is 2.99. The van der Waals surface area contributed by atoms with E-state index < -0.39 is 0 Å². The third-order valence-corrected chi connectivity index (χ3v) is 4.42. The van der Waals surface area contributed by atoms with Gasteiger partial charge >= 0.3 is 0 Å². The van der Waals surface area contributed by atoms with E-state index >= 15 is 0 Å². The van der Waals surface area contributed by atoms with Crippen molar-refractivity contribution in [1.29, 1.82) is 0 Å². The van der Waals surface area contributed by atoms with Crippen LogP contribution in [0.2, 0.25) is 0 Å². The van der Waals surface area contributed by atoms with E-state index in [1.807, 2.05) is 5.38 Å². The van der Waals surface area contributed by atoms with Gasteiger partial charge in [0.2, 0.25) is 0 Å². The van der Waals surface area contributed by atoms with Gasteiger partial charge in [-0.1, -0.05) is 12.1 Å². The molecule has 19 heavy (non-hydrogen) atoms. The average Bonchev–Trinajstić information content (AvgIpc) is 2.93. The first-order valence-corrected chi connectivity index (χ1v) is 7.61. The van der Waals surface area contributed by atoms with Crippen LogP contribution in [0.3, 0.4) is 0 Å². The zero-order chi connectivity index (χ0) is 13.1. The van der Waals surface area contributed by atoms with Gasteiger partial charge in [0.1, 0.15) is 17.4 Å². The molecule has 2 aromatic rings. The van der Waals surface area contributed by atoms with Crippen LogP contribution in [0.4, 0.5) is 0 Å². The molecule has 1 aliphatic carbocycles. The lowest BCUT2D eigenvalue weighted by atomic mass is 9.91. The molecule has 1 aromatic carbocycles. The van der Waals surface area contributed by atoms with Crippen molar-refractivity contribution in [2.24, 2.45) is 5.73 Å². The summed E-state index contributed by atoms with van der Waals surface area (Å²) < 4.78 is 5.95. The standard InChI is InChI=1S/C15H18N2OS/c16-8-15-17-12(10-19-15)9-18-14-7-3-5-11-4-1-2-6-13(11)14/h3,5,7,10H,1-2,4,6,8-9,16H2. The van der Waals surface area contributed by atoms with Gasteiger partial charge in [0.05, 0.1) is 5.69 Å². The molecule has 0 atom stereocenters. The summed E-state index contributed by atoms with van der Waals surface area (Å²) in [4.78, 5) is 4.42. The summed E-state index contributed by atoms with van der Waals surface area (Å²) in [6, 6.07) is 6.38. The smallest absolute Gasteiger partial charge is 0.131 e. The van der Waals surface area contributed by atoms with Gasteiger partial charge in [-0.05, 0) is 42.9 Å². The number of rotatable bonds is 4. The number of benzene rings is 1. The van der Waals surface area contributed by atoms with Gasteiger partial charge < -0.3 is 10.5 Å². The van der Waals surface area contributed by atoms with Crippen molar-refractivity contribution in [1.82, 2.24) is 4.98 Å². The minimum absolute atomic E-state index is 0.505. The van der Waals surface area contributed by atoms with Crippen molar-refractivity contribution < 1.29 is 4.74 Å². The van der Waals surface area contributed by atoms with Crippen molar-refractivity contribution in [2.75, 3.05) is 0 Å². The number of fused-ring (bicyclic) bond motifs is 1. The maximum atomic E-state index is 5.95. The number of aromatic nitrogens is 1. The first-order valence-electron chi connectivity index (χ1n) is 6.73. The van der Waals surface area contributed by atoms with E-state index in [0.29, 0.717) is 13.2 Å². The van der Waals surface area contributed by atoms with Gasteiger partial charge in [0.15, 0.2) is 0 Å². The van der Waals surface area contributed by atoms with Crippen molar-refractivity contribution >= 4 is 11.3 Å². The molecule has 4 heteroatoms. The quantitative estimate of drug-likeness (QED) is 0.932. The van der Waals surface area contributed by atoms with Gasteiger partial charge in [-0.25, -0.2) is 4.98 Å². The van der Waals surface area contributed by atoms with Crippen LogP contribution in [0.1, 0.15) is 34.7 Å². The van der Waals surface area contributed by atoms with Gasteiger partial charge in [-0.2, -0.15) is 0 Å². The van der Waals surface area contributed by atoms with Crippen LogP contribution in [0.5, 0.6) is 5.75 Å². The number of hydrogen-bond donors (Lipinski definition) is 1. The second-order valence-corrected chi connectivity index (χ2v) is 5.77. The molecule has 0 aliphatic heterocycles. The van der Waals surface area contributed by atoms with Gasteiger partial charge in [0, 0.05) is 11.9 Å². The molecule has 0 unspecified atom stereocenters. The average molecular weight is 274 g/mol. The maximum Gasteiger partial charge on any atom is 0.131 e. The second-order valence-electron chi connectivity index (χ2n) is 4.83. The first kappa shape index (κ1) is 12.6. The molecular weight excluding hydrogens is 256 g/mol. The number of ether oxygens (including phenoxy) is 1. The highest BCUT2D eigenvalue weighted by Gasteiger charge is 2.14. The van der Waals surface area contributed by atoms with E-state index in [-0.39, 0.29) is 0 Å². The molecule has 100 valence electrons. The van der Waals surface area contributed by atoms with Crippen molar-refractivity contribution in [2.45, 2.75) is 38.8 Å². The van der Waals surface area contributed by atoms with E-state index in [9.17, 15) is 0 Å². The fraction of sp³-hybridized carbons (Fsp3) is 0.400. The summed E-state index contributed by atoms with van der Waals surface area (Å²) in [6.07, 6.45) is 4.88. The second kappa shape index (κ2) is 5.72. The minimum atomic E-state index is 0.505. The number of nitrogens with two attached hydrogens (primary N) is 1. The number of aryl methyl sites for hydroxylation is 1. The Morgan fingerprint density at radius 3 is 3.00 bits per heavy atom. The van der Waals surface area contributed by atoms with Crippen molar-refractivity contribution in [3.8, 4) is 5.75 Å². The summed E-state index contributed by atoms with van der Waals surface area (Å²) in [5.41, 5.74) is 9.38. The Kier molecular flexibility index (Phi) is 3.80. The maximum absolute atomic E-state index is 5.95. The third-order valence-electron chi connectivity index (χ3n) is 3.50. The molecule has 0 saturated carbocycles. The van der Waals surface area contributed by atoms with Crippen LogP contribution in [0.15, 0.2) is 23.6 Å². The van der Waals surface area contributed by atoms with E-state index in [0.717, 1.165) is 22.9 Å². The Balaban J connectivity index is 1.73. The summed E-state index contributed by atoms with van der Waals surface area (Å²) in [6.45, 7) is 1.04. The Morgan fingerprint density at radius 2 is 2.16 bits per heavy atom. The predicted octanol–water partition coefficient (Wildman–Crippen LogP) is 3.06. The van der Waals surface area contributed by atoms with Crippen molar-refractivity contribution in [3.63, 3.8) is 0 Å². The zero-order valence-corrected chi connectivity index (χ0v) is 11.7. The number of nitrogens with zero attached hydrogens (tertiary/aromatic N) is 1. The Morgan fingerprint density at radius 1 is 1.26 bits per heavy atom. The topological polar surface area (TPSA) is 48.1 Å². The lowest BCUT2D eigenvalue weighted by Gasteiger charge is -2.19. The molecule has 1 aromatic heterocycles. The minimum Gasteiger partial charge on any atom is -0.487 e. The largest absolute Gasteiger partial charge is 0.487 e. The molecule has 0 saturated heterocycles. The normalized spacial score (nSPS) is 14.2. The van der Waals surface area contributed by atoms with Crippen LogP contribution in [0.25, 0.3) is 0 Å². The molecule has 0 bridgehead atoms. The van der Waals surface area contributed by atoms with Crippen LogP contribution in [-0.2, 0) is 26.0 Å². The molecule has 0 amide bonds. The molecule has 2 N–H and O–H groups in total. The summed E-state index contributed by atoms with van der Waals surface area (Å²) in [7, 11) is 0. The predicted molar refractivity (Wildman–Crippen MR) is 77.4 cm³/mol. The molecule has 1 heterocycles. The zero-order valence-electron chi connectivity index (χ0n) is 10.9. The van der Waals surface area contributed by atoms with Crippen LogP contribution >= 0.6 is 11.3 Å². The van der Waals surface area contributed by atoms with Gasteiger partial charge in [0.25, 0.3) is 0 Å². The lowest BCUT2D eigenvalue weighted by molar-refractivity contribution is 0.297. The summed E-state index contributed by atoms with van der Waals surface area (Å²) >= 11 is 1.60. The monoisotopic (exact) mass is 274 g/mol. The first-order chi connectivity index (χ1) is 9.36. The van der Waals surface area contributed by atoms with Crippen molar-refractivity contribution in [3.05, 3.63) is 45.4 Å². The number of hydrogen-bond acceptors (Lipinski definition) is 4. The third kappa shape index (κ3) is 2.80. The highest BCUT2D eigenvalue weighted by atomic mass is 32.1. The van der Waals surface area contributed by atoms with E-state index in [2.05, 4.69) is 23.2 Å². The molecule has 3 rings (SSSR count). The van der Waals surface area contributed by atoms with E-state index in [4.69, 9.17) is 10.5 Å². The Hall–Kier alpha value is -1.39. The SMILES string of the molecule is NCc1nc(COc2cccc3c2CCCC3)cs1. The summed E-state index contributed by atoms with van der Waals surface area (Å²) in [5.74, 6) is 1.03. The molecule has 3 nitrogen and oxygen atoms in total. The van der Waals surface area contributed by atoms with Crippen LogP contribution in [-0.4, -0.2) is 4.98 Å². The molecule has 0 radical (unpaired) electrons. The van der Waals surface area contributed by atoms with Crippen LogP contribution < -0.4 is 10.5 Å². The molecule has 0 spiro atoms. The molecule has 0 fully saturated rings. The van der Waals surface area contributed by atoms with Gasteiger partial charge in [-0.15, -0.1) is 11.3 Å². The van der Waals surface area contributed by atoms with Crippen LogP contribution in [0, 0.1) is 0 Å². The Labute approximate surface area is 117 Å². The lowest BCUT2D eigenvalue weighted by Crippen LogP contribution is -2.06. The fourth-order valence-electron chi connectivity index (χ4n) is 2.54. The molecular formula is C15H18N2OS. The fourth-order valence-corrected chi connectivity index (χ4v) is 3.20. The Bertz CT molecular complexity index is 565. The van der Waals surface area contributed by atoms with E-state index in [1.54, 1.807) is 11.3 Å². The highest BCUT2D eigenvalue weighted by Crippen LogP contribution is 2.30. The number of thiazole rings is 1.